The second kappa shape index (κ2) is 10.5. The zero-order valence-corrected chi connectivity index (χ0v) is 21.0. The Morgan fingerprint density at radius 3 is 2.49 bits per heavy atom. The van der Waals surface area contributed by atoms with Gasteiger partial charge in [0, 0.05) is 50.6 Å². The van der Waals surface area contributed by atoms with Gasteiger partial charge in [0.05, 0.1) is 23.8 Å². The summed E-state index contributed by atoms with van der Waals surface area (Å²) in [4.78, 5) is 34.9. The summed E-state index contributed by atoms with van der Waals surface area (Å²) >= 11 is 1.31. The van der Waals surface area contributed by atoms with E-state index in [1.807, 2.05) is 40.6 Å². The van der Waals surface area contributed by atoms with Gasteiger partial charge < -0.3 is 10.2 Å². The molecule has 3 aromatic rings. The second-order valence-corrected chi connectivity index (χ2v) is 11.0. The van der Waals surface area contributed by atoms with E-state index in [1.165, 1.54) is 28.8 Å². The second-order valence-electron chi connectivity index (χ2n) is 8.11. The van der Waals surface area contributed by atoms with Crippen molar-refractivity contribution < 1.29 is 18.0 Å². The number of pyridine rings is 1. The highest BCUT2D eigenvalue weighted by Crippen LogP contribution is 2.28. The lowest BCUT2D eigenvalue weighted by Gasteiger charge is -2.34. The number of anilines is 2. The molecule has 0 aliphatic carbocycles. The summed E-state index contributed by atoms with van der Waals surface area (Å²) < 4.78 is 24.8. The molecule has 1 fully saturated rings. The van der Waals surface area contributed by atoms with Gasteiger partial charge in [0.25, 0.3) is 5.91 Å². The number of nitrogens with zero attached hydrogens (tertiary/aromatic N) is 4. The minimum atomic E-state index is -3.19. The van der Waals surface area contributed by atoms with Crippen LogP contribution >= 0.6 is 11.3 Å². The minimum Gasteiger partial charge on any atom is -0.368 e. The molecule has 10 nitrogen and oxygen atoms in total. The highest BCUT2D eigenvalue weighted by Gasteiger charge is 2.24. The van der Waals surface area contributed by atoms with Crippen molar-refractivity contribution in [3.05, 3.63) is 59.2 Å². The van der Waals surface area contributed by atoms with Crippen LogP contribution in [0.2, 0.25) is 0 Å². The molecule has 0 radical (unpaired) electrons. The third-order valence-electron chi connectivity index (χ3n) is 5.60. The molecule has 0 spiro atoms. The van der Waals surface area contributed by atoms with Crippen LogP contribution in [0.4, 0.5) is 10.8 Å². The summed E-state index contributed by atoms with van der Waals surface area (Å²) in [5.74, 6) is -0.480. The number of rotatable bonds is 7. The SMILES string of the molecule is CC(=O)NCc1ccccc1-c1csc(NC(=O)c2ccc(N3CCN(S(C)(=O)=O)CC3)cn2)n1. The normalized spacial score (nSPS) is 14.5. The van der Waals surface area contributed by atoms with Crippen molar-refractivity contribution in [3.63, 3.8) is 0 Å². The van der Waals surface area contributed by atoms with Crippen LogP contribution < -0.4 is 15.5 Å². The Balaban J connectivity index is 1.39. The summed E-state index contributed by atoms with van der Waals surface area (Å²) in [6.45, 7) is 3.82. The average Bonchev–Trinajstić information content (AvgIpc) is 3.31. The van der Waals surface area contributed by atoms with Gasteiger partial charge in [-0.1, -0.05) is 24.3 Å². The van der Waals surface area contributed by atoms with Crippen molar-refractivity contribution in [2.45, 2.75) is 13.5 Å². The lowest BCUT2D eigenvalue weighted by Crippen LogP contribution is -2.48. The average molecular weight is 515 g/mol. The quantitative estimate of drug-likeness (QED) is 0.495. The molecular formula is C23H26N6O4S2. The summed E-state index contributed by atoms with van der Waals surface area (Å²) in [7, 11) is -3.19. The van der Waals surface area contributed by atoms with Gasteiger partial charge in [-0.3, -0.25) is 14.9 Å². The van der Waals surface area contributed by atoms with Crippen LogP contribution in [0.15, 0.2) is 48.0 Å². The van der Waals surface area contributed by atoms with Crippen LogP contribution in [-0.4, -0.2) is 66.9 Å². The Kier molecular flexibility index (Phi) is 7.43. The van der Waals surface area contributed by atoms with E-state index >= 15 is 0 Å². The highest BCUT2D eigenvalue weighted by atomic mass is 32.2. The molecule has 0 bridgehead atoms. The maximum Gasteiger partial charge on any atom is 0.276 e. The predicted octanol–water partition coefficient (Wildman–Crippen LogP) is 2.18. The summed E-state index contributed by atoms with van der Waals surface area (Å²) in [5, 5.41) is 7.89. The van der Waals surface area contributed by atoms with E-state index in [2.05, 4.69) is 20.6 Å². The van der Waals surface area contributed by atoms with E-state index in [1.54, 1.807) is 12.3 Å². The van der Waals surface area contributed by atoms with Crippen molar-refractivity contribution in [2.24, 2.45) is 0 Å². The van der Waals surface area contributed by atoms with Gasteiger partial charge in [-0.05, 0) is 17.7 Å². The Morgan fingerprint density at radius 1 is 1.09 bits per heavy atom. The van der Waals surface area contributed by atoms with Crippen LogP contribution in [0, 0.1) is 0 Å². The molecule has 12 heteroatoms. The van der Waals surface area contributed by atoms with Crippen molar-refractivity contribution in [2.75, 3.05) is 42.7 Å². The molecule has 0 saturated carbocycles. The molecule has 2 N–H and O–H groups in total. The first kappa shape index (κ1) is 24.8. The maximum absolute atomic E-state index is 12.7. The van der Waals surface area contributed by atoms with Gasteiger partial charge in [0.15, 0.2) is 5.13 Å². The number of benzene rings is 1. The standard InChI is InChI=1S/C23H26N6O4S2/c1-16(30)24-13-17-5-3-4-6-19(17)21-15-34-23(26-21)27-22(31)20-8-7-18(14-25-20)28-9-11-29(12-10-28)35(2,32)33/h3-8,14-15H,9-13H2,1-2H3,(H,24,30)(H,26,27,31). The molecule has 0 unspecified atom stereocenters. The Bertz CT molecular complexity index is 1320. The fourth-order valence-electron chi connectivity index (χ4n) is 3.75. The first-order chi connectivity index (χ1) is 16.7. The smallest absolute Gasteiger partial charge is 0.276 e. The largest absolute Gasteiger partial charge is 0.368 e. The molecule has 2 aromatic heterocycles. The summed E-state index contributed by atoms with van der Waals surface area (Å²) in [6, 6.07) is 11.1. The summed E-state index contributed by atoms with van der Waals surface area (Å²) in [5.41, 5.74) is 3.62. The molecule has 1 aliphatic heterocycles. The van der Waals surface area contributed by atoms with Gasteiger partial charge in [-0.25, -0.2) is 18.4 Å². The topological polar surface area (TPSA) is 125 Å². The van der Waals surface area contributed by atoms with Crippen LogP contribution in [0.25, 0.3) is 11.3 Å². The van der Waals surface area contributed by atoms with Crippen molar-refractivity contribution in [1.82, 2.24) is 19.6 Å². The van der Waals surface area contributed by atoms with Crippen LogP contribution in [0.1, 0.15) is 23.0 Å². The van der Waals surface area contributed by atoms with Crippen molar-refractivity contribution in [3.8, 4) is 11.3 Å². The predicted molar refractivity (Wildman–Crippen MR) is 136 cm³/mol. The van der Waals surface area contributed by atoms with Gasteiger partial charge in [-0.15, -0.1) is 11.3 Å². The molecular weight excluding hydrogens is 488 g/mol. The fourth-order valence-corrected chi connectivity index (χ4v) is 5.28. The van der Waals surface area contributed by atoms with E-state index in [9.17, 15) is 18.0 Å². The van der Waals surface area contributed by atoms with Crippen LogP contribution in [0.5, 0.6) is 0 Å². The van der Waals surface area contributed by atoms with Gasteiger partial charge >= 0.3 is 0 Å². The molecule has 1 aliphatic rings. The maximum atomic E-state index is 12.7. The van der Waals surface area contributed by atoms with E-state index in [0.717, 1.165) is 16.8 Å². The van der Waals surface area contributed by atoms with Crippen LogP contribution in [0.3, 0.4) is 0 Å². The van der Waals surface area contributed by atoms with Gasteiger partial charge in [-0.2, -0.15) is 4.31 Å². The molecule has 1 saturated heterocycles. The first-order valence-electron chi connectivity index (χ1n) is 11.0. The summed E-state index contributed by atoms with van der Waals surface area (Å²) in [6.07, 6.45) is 2.84. The number of hydrogen-bond donors (Lipinski definition) is 2. The Labute approximate surface area is 208 Å². The van der Waals surface area contributed by atoms with E-state index in [0.29, 0.717) is 43.5 Å². The molecule has 184 valence electrons. The molecule has 35 heavy (non-hydrogen) atoms. The highest BCUT2D eigenvalue weighted by molar-refractivity contribution is 7.88. The molecule has 1 aromatic carbocycles. The van der Waals surface area contributed by atoms with Crippen molar-refractivity contribution >= 4 is 44.0 Å². The minimum absolute atomic E-state index is 0.110. The third kappa shape index (κ3) is 6.21. The number of amides is 2. The third-order valence-corrected chi connectivity index (χ3v) is 7.66. The molecule has 0 atom stereocenters. The molecule has 3 heterocycles. The monoisotopic (exact) mass is 514 g/mol. The van der Waals surface area contributed by atoms with Gasteiger partial charge in [0.2, 0.25) is 15.9 Å². The lowest BCUT2D eigenvalue weighted by molar-refractivity contribution is -0.119. The number of sulfonamides is 1. The van der Waals surface area contributed by atoms with E-state index in [-0.39, 0.29) is 17.5 Å². The van der Waals surface area contributed by atoms with Crippen molar-refractivity contribution in [1.29, 1.82) is 0 Å². The number of hydrogen-bond acceptors (Lipinski definition) is 8. The molecule has 4 rings (SSSR count). The number of carbonyl (C=O) groups is 2. The fraction of sp³-hybridized carbons (Fsp3) is 0.304. The lowest BCUT2D eigenvalue weighted by atomic mass is 10.1. The number of nitrogens with one attached hydrogen (secondary N) is 2. The number of piperazine rings is 1. The zero-order chi connectivity index (χ0) is 25.0. The van der Waals surface area contributed by atoms with E-state index in [4.69, 9.17) is 0 Å². The zero-order valence-electron chi connectivity index (χ0n) is 19.4. The Hall–Kier alpha value is -3.35. The number of carbonyl (C=O) groups excluding carboxylic acids is 2. The Morgan fingerprint density at radius 2 is 1.83 bits per heavy atom. The van der Waals surface area contributed by atoms with Crippen LogP contribution in [-0.2, 0) is 21.4 Å². The first-order valence-corrected chi connectivity index (χ1v) is 13.7. The number of thiazole rings is 1. The van der Waals surface area contributed by atoms with E-state index < -0.39 is 10.0 Å². The molecule has 2 amide bonds. The van der Waals surface area contributed by atoms with Gasteiger partial charge in [0.1, 0.15) is 5.69 Å². The number of aromatic nitrogens is 2.